The summed E-state index contributed by atoms with van der Waals surface area (Å²) in [6, 6.07) is 9.96. The summed E-state index contributed by atoms with van der Waals surface area (Å²) in [4.78, 5) is 6.65. The zero-order chi connectivity index (χ0) is 18.5. The second kappa shape index (κ2) is 8.01. The molecule has 3 rings (SSSR count). The number of nitrogen functional groups attached to an aromatic ring is 2. The van der Waals surface area contributed by atoms with Crippen LogP contribution >= 0.6 is 0 Å². The van der Waals surface area contributed by atoms with Crippen LogP contribution in [0.15, 0.2) is 42.7 Å². The first-order valence-corrected chi connectivity index (χ1v) is 8.84. The van der Waals surface area contributed by atoms with Crippen molar-refractivity contribution in [2.24, 2.45) is 0 Å². The summed E-state index contributed by atoms with van der Waals surface area (Å²) < 4.78 is 0. The van der Waals surface area contributed by atoms with Crippen LogP contribution in [0.4, 0.5) is 11.5 Å². The molecule has 0 spiro atoms. The fourth-order valence-electron chi connectivity index (χ4n) is 3.12. The zero-order valence-electron chi connectivity index (χ0n) is 15.1. The lowest BCUT2D eigenvalue weighted by atomic mass is 10.0. The molecule has 0 bridgehead atoms. The molecule has 1 aliphatic heterocycles. The molecule has 0 unspecified atom stereocenters. The average molecular weight is 350 g/mol. The summed E-state index contributed by atoms with van der Waals surface area (Å²) in [5.41, 5.74) is 16.0. The predicted octanol–water partition coefficient (Wildman–Crippen LogP) is 2.59. The molecule has 2 heterocycles. The van der Waals surface area contributed by atoms with Crippen LogP contribution < -0.4 is 16.8 Å². The summed E-state index contributed by atoms with van der Waals surface area (Å²) in [6.07, 6.45) is 7.19. The van der Waals surface area contributed by atoms with Crippen LogP contribution in [0.25, 0.3) is 16.7 Å². The highest BCUT2D eigenvalue weighted by atomic mass is 15.1. The Morgan fingerprint density at radius 2 is 1.92 bits per heavy atom. The maximum atomic E-state index is 7.79. The second-order valence-corrected chi connectivity index (χ2v) is 6.77. The molecule has 1 saturated heterocycles. The van der Waals surface area contributed by atoms with E-state index in [-0.39, 0.29) is 0 Å². The highest BCUT2D eigenvalue weighted by Gasteiger charge is 2.15. The molecule has 136 valence electrons. The zero-order valence-corrected chi connectivity index (χ0v) is 15.1. The summed E-state index contributed by atoms with van der Waals surface area (Å²) in [6.45, 7) is 2.19. The number of nitrogens with two attached hydrogens (primary N) is 2. The molecule has 0 atom stereocenters. The van der Waals surface area contributed by atoms with Gasteiger partial charge in [0.25, 0.3) is 0 Å². The van der Waals surface area contributed by atoms with E-state index in [9.17, 15) is 0 Å². The van der Waals surface area contributed by atoms with Crippen LogP contribution in [-0.2, 0) is 0 Å². The van der Waals surface area contributed by atoms with Crippen LogP contribution in [0, 0.1) is 5.41 Å². The molecule has 1 aromatic carbocycles. The van der Waals surface area contributed by atoms with E-state index in [2.05, 4.69) is 22.2 Å². The van der Waals surface area contributed by atoms with Gasteiger partial charge >= 0.3 is 0 Å². The van der Waals surface area contributed by atoms with E-state index in [1.54, 1.807) is 6.20 Å². The number of anilines is 2. The van der Waals surface area contributed by atoms with Crippen molar-refractivity contribution in [3.8, 4) is 11.1 Å². The van der Waals surface area contributed by atoms with Gasteiger partial charge in [0, 0.05) is 47.0 Å². The first-order chi connectivity index (χ1) is 12.6. The molecule has 0 aliphatic carbocycles. The van der Waals surface area contributed by atoms with Crippen molar-refractivity contribution in [2.75, 3.05) is 31.6 Å². The third kappa shape index (κ3) is 4.21. The number of allylic oxidation sites excluding steroid dienone is 1. The Kier molecular flexibility index (Phi) is 5.53. The molecule has 1 aliphatic rings. The normalized spacial score (nSPS) is 16.4. The maximum absolute atomic E-state index is 7.79. The van der Waals surface area contributed by atoms with Crippen molar-refractivity contribution >= 4 is 23.3 Å². The Labute approximate surface area is 154 Å². The Morgan fingerprint density at radius 3 is 2.58 bits per heavy atom. The number of hydrogen-bond acceptors (Lipinski definition) is 6. The molecule has 26 heavy (non-hydrogen) atoms. The Hall–Kier alpha value is -2.86. The predicted molar refractivity (Wildman–Crippen MR) is 109 cm³/mol. The van der Waals surface area contributed by atoms with Crippen LogP contribution in [-0.4, -0.2) is 42.3 Å². The number of piperidine rings is 1. The molecule has 1 fully saturated rings. The number of rotatable bonds is 5. The molecule has 6 heteroatoms. The van der Waals surface area contributed by atoms with Crippen molar-refractivity contribution in [1.82, 2.24) is 15.2 Å². The molecule has 0 radical (unpaired) electrons. The lowest BCUT2D eigenvalue weighted by Crippen LogP contribution is -2.38. The highest BCUT2D eigenvalue weighted by Crippen LogP contribution is 2.28. The van der Waals surface area contributed by atoms with Gasteiger partial charge in [0.1, 0.15) is 5.82 Å². The number of nitrogens with zero attached hydrogens (tertiary/aromatic N) is 2. The van der Waals surface area contributed by atoms with E-state index in [1.807, 2.05) is 36.5 Å². The first kappa shape index (κ1) is 17.9. The Bertz CT molecular complexity index is 788. The van der Waals surface area contributed by atoms with Gasteiger partial charge in [0.05, 0.1) is 0 Å². The molecule has 2 aromatic rings. The molecule has 0 amide bonds. The lowest BCUT2D eigenvalue weighted by molar-refractivity contribution is 0.244. The van der Waals surface area contributed by atoms with Gasteiger partial charge in [0.2, 0.25) is 0 Å². The topological polar surface area (TPSA) is 104 Å². The SMILES string of the molecule is CN1CCC(N/C=C(\C=N)c2cnc(N)c(-c3ccc(N)cc3)c2)CC1. The molecular formula is C20H26N6. The fourth-order valence-corrected chi connectivity index (χ4v) is 3.12. The summed E-state index contributed by atoms with van der Waals surface area (Å²) in [5, 5.41) is 11.2. The van der Waals surface area contributed by atoms with Gasteiger partial charge in [-0.15, -0.1) is 0 Å². The number of hydrogen-bond donors (Lipinski definition) is 4. The maximum Gasteiger partial charge on any atom is 0.131 e. The number of nitrogens with one attached hydrogen (secondary N) is 2. The smallest absolute Gasteiger partial charge is 0.131 e. The first-order valence-electron chi connectivity index (χ1n) is 8.84. The van der Waals surface area contributed by atoms with Crippen LogP contribution in [0.1, 0.15) is 18.4 Å². The van der Waals surface area contributed by atoms with E-state index in [0.717, 1.165) is 48.2 Å². The third-order valence-corrected chi connectivity index (χ3v) is 4.82. The van der Waals surface area contributed by atoms with Crippen molar-refractivity contribution in [3.05, 3.63) is 48.3 Å². The van der Waals surface area contributed by atoms with Gasteiger partial charge in [-0.2, -0.15) is 0 Å². The van der Waals surface area contributed by atoms with Gasteiger partial charge < -0.3 is 27.1 Å². The summed E-state index contributed by atoms with van der Waals surface area (Å²) >= 11 is 0. The summed E-state index contributed by atoms with van der Waals surface area (Å²) in [5.74, 6) is 0.464. The molecule has 0 saturated carbocycles. The van der Waals surface area contributed by atoms with Crippen LogP contribution in [0.2, 0.25) is 0 Å². The number of pyridine rings is 1. The second-order valence-electron chi connectivity index (χ2n) is 6.77. The van der Waals surface area contributed by atoms with Gasteiger partial charge in [-0.1, -0.05) is 12.1 Å². The Morgan fingerprint density at radius 1 is 1.23 bits per heavy atom. The van der Waals surface area contributed by atoms with Gasteiger partial charge in [-0.25, -0.2) is 4.98 Å². The standard InChI is InChI=1S/C20H26N6/c1-26-8-6-18(7-9-26)24-13-16(11-21)15-10-19(20(23)25-12-15)14-2-4-17(22)5-3-14/h2-5,10-13,18,21,24H,6-9,22H2,1H3,(H2,23,25)/b16-13+,21-11?. The Balaban J connectivity index is 1.82. The van der Waals surface area contributed by atoms with Gasteiger partial charge in [-0.05, 0) is 56.7 Å². The van der Waals surface area contributed by atoms with Crippen molar-refractivity contribution in [1.29, 1.82) is 5.41 Å². The summed E-state index contributed by atoms with van der Waals surface area (Å²) in [7, 11) is 2.15. The van der Waals surface area contributed by atoms with Gasteiger partial charge in [-0.3, -0.25) is 0 Å². The van der Waals surface area contributed by atoms with Crippen molar-refractivity contribution in [3.63, 3.8) is 0 Å². The minimum atomic E-state index is 0.444. The van der Waals surface area contributed by atoms with Gasteiger partial charge in [0.15, 0.2) is 0 Å². The molecule has 1 aromatic heterocycles. The van der Waals surface area contributed by atoms with E-state index in [4.69, 9.17) is 16.9 Å². The highest BCUT2D eigenvalue weighted by molar-refractivity contribution is 6.08. The fraction of sp³-hybridized carbons (Fsp3) is 0.300. The van der Waals surface area contributed by atoms with E-state index in [0.29, 0.717) is 17.5 Å². The van der Waals surface area contributed by atoms with Crippen molar-refractivity contribution in [2.45, 2.75) is 18.9 Å². The van der Waals surface area contributed by atoms with Crippen LogP contribution in [0.5, 0.6) is 0 Å². The molecular weight excluding hydrogens is 324 g/mol. The minimum Gasteiger partial charge on any atom is -0.399 e. The monoisotopic (exact) mass is 350 g/mol. The largest absolute Gasteiger partial charge is 0.399 e. The molecule has 6 nitrogen and oxygen atoms in total. The number of benzene rings is 1. The minimum absolute atomic E-state index is 0.444. The quantitative estimate of drug-likeness (QED) is 0.490. The van der Waals surface area contributed by atoms with E-state index < -0.39 is 0 Å². The van der Waals surface area contributed by atoms with E-state index in [1.165, 1.54) is 6.21 Å². The third-order valence-electron chi connectivity index (χ3n) is 4.82. The van der Waals surface area contributed by atoms with Crippen LogP contribution in [0.3, 0.4) is 0 Å². The van der Waals surface area contributed by atoms with E-state index >= 15 is 0 Å². The lowest BCUT2D eigenvalue weighted by Gasteiger charge is -2.29. The van der Waals surface area contributed by atoms with Crippen molar-refractivity contribution < 1.29 is 0 Å². The average Bonchev–Trinajstić information content (AvgIpc) is 2.65. The number of likely N-dealkylation sites (tertiary alicyclic amines) is 1. The number of aromatic nitrogens is 1. The molecule has 6 N–H and O–H groups in total.